The molecule has 0 aromatic heterocycles. The smallest absolute Gasteiger partial charge is 0.257 e. The number of rotatable bonds is 7. The third kappa shape index (κ3) is 4.39. The normalized spacial score (nSPS) is 13.6. The van der Waals surface area contributed by atoms with Crippen LogP contribution in [0.1, 0.15) is 37.6 Å². The van der Waals surface area contributed by atoms with Gasteiger partial charge in [-0.25, -0.2) is 8.78 Å². The fraction of sp³-hybridized carbons (Fsp3) is 0.533. The van der Waals surface area contributed by atoms with E-state index in [2.05, 4.69) is 5.32 Å². The van der Waals surface area contributed by atoms with E-state index in [1.807, 2.05) is 13.8 Å². The minimum absolute atomic E-state index is 0.0187. The van der Waals surface area contributed by atoms with Gasteiger partial charge in [-0.2, -0.15) is 0 Å². The number of benzene rings is 1. The van der Waals surface area contributed by atoms with Gasteiger partial charge in [0.2, 0.25) is 0 Å². The molecule has 0 aliphatic rings. The molecule has 0 heterocycles. The molecule has 1 aromatic rings. The van der Waals surface area contributed by atoms with E-state index in [4.69, 9.17) is 4.74 Å². The zero-order valence-electron chi connectivity index (χ0n) is 12.5. The fourth-order valence-electron chi connectivity index (χ4n) is 1.77. The monoisotopic (exact) mass is 301 g/mol. The molecule has 1 aromatic carbocycles. The average molecular weight is 301 g/mol. The van der Waals surface area contributed by atoms with Crippen molar-refractivity contribution in [3.05, 3.63) is 29.3 Å². The second kappa shape index (κ2) is 7.93. The summed E-state index contributed by atoms with van der Waals surface area (Å²) >= 11 is 0. The quantitative estimate of drug-likeness (QED) is 0.813. The number of nitrogens with one attached hydrogen (secondary N) is 1. The van der Waals surface area contributed by atoms with Gasteiger partial charge in [0.05, 0.1) is 12.7 Å². The van der Waals surface area contributed by atoms with E-state index >= 15 is 0 Å². The van der Waals surface area contributed by atoms with E-state index in [0.717, 1.165) is 18.6 Å². The van der Waals surface area contributed by atoms with Crippen LogP contribution in [-0.2, 0) is 0 Å². The molecule has 2 unspecified atom stereocenters. The molecule has 21 heavy (non-hydrogen) atoms. The van der Waals surface area contributed by atoms with Crippen molar-refractivity contribution in [2.75, 3.05) is 13.2 Å². The molecule has 4 nitrogen and oxygen atoms in total. The van der Waals surface area contributed by atoms with Crippen LogP contribution in [0.4, 0.5) is 8.78 Å². The number of aliphatic hydroxyl groups is 1. The fourth-order valence-corrected chi connectivity index (χ4v) is 1.77. The van der Waals surface area contributed by atoms with Gasteiger partial charge >= 0.3 is 0 Å². The maximum absolute atomic E-state index is 14.0. The van der Waals surface area contributed by atoms with Crippen molar-refractivity contribution < 1.29 is 23.4 Å². The highest BCUT2D eigenvalue weighted by Crippen LogP contribution is 2.23. The largest absolute Gasteiger partial charge is 0.491 e. The van der Waals surface area contributed by atoms with Crippen LogP contribution in [0, 0.1) is 17.6 Å². The number of hydrogen-bond donors (Lipinski definition) is 2. The Hall–Kier alpha value is -1.69. The Labute approximate surface area is 123 Å². The Kier molecular flexibility index (Phi) is 6.55. The number of ether oxygens (including phenoxy) is 1. The van der Waals surface area contributed by atoms with E-state index in [1.54, 1.807) is 6.92 Å². The van der Waals surface area contributed by atoms with Crippen molar-refractivity contribution in [1.82, 2.24) is 5.32 Å². The molecule has 0 aliphatic carbocycles. The number of hydrogen-bond acceptors (Lipinski definition) is 3. The number of aliphatic hydroxyl groups excluding tert-OH is 1. The summed E-state index contributed by atoms with van der Waals surface area (Å²) in [5, 5.41) is 12.1. The lowest BCUT2D eigenvalue weighted by atomic mass is 10.0. The standard InChI is InChI=1S/C15H21F2NO3/c1-4-9(3)11(19)8-18-15(20)13-10(16)6-7-12(14(13)17)21-5-2/h6-7,9,11,19H,4-5,8H2,1-3H3,(H,18,20). The van der Waals surface area contributed by atoms with Crippen molar-refractivity contribution in [2.45, 2.75) is 33.3 Å². The highest BCUT2D eigenvalue weighted by molar-refractivity contribution is 5.95. The summed E-state index contributed by atoms with van der Waals surface area (Å²) in [5.41, 5.74) is -0.697. The minimum Gasteiger partial charge on any atom is -0.491 e. The SMILES string of the molecule is CCOc1ccc(F)c(C(=O)NCC(O)C(C)CC)c1F. The van der Waals surface area contributed by atoms with Gasteiger partial charge in [0, 0.05) is 6.54 Å². The van der Waals surface area contributed by atoms with Gasteiger partial charge in [0.15, 0.2) is 11.6 Å². The molecule has 0 saturated carbocycles. The summed E-state index contributed by atoms with van der Waals surface area (Å²) in [5.74, 6) is -3.10. The van der Waals surface area contributed by atoms with Crippen LogP contribution < -0.4 is 10.1 Å². The van der Waals surface area contributed by atoms with Crippen LogP contribution in [-0.4, -0.2) is 30.3 Å². The lowest BCUT2D eigenvalue weighted by Crippen LogP contribution is -2.36. The maximum atomic E-state index is 14.0. The molecule has 1 rings (SSSR count). The summed E-state index contributed by atoms with van der Waals surface area (Å²) < 4.78 is 32.7. The Morgan fingerprint density at radius 2 is 2.05 bits per heavy atom. The molecule has 0 fully saturated rings. The molecule has 118 valence electrons. The summed E-state index contributed by atoms with van der Waals surface area (Å²) in [4.78, 5) is 11.9. The molecule has 0 saturated heterocycles. The molecule has 0 radical (unpaired) electrons. The van der Waals surface area contributed by atoms with Gasteiger partial charge in [-0.15, -0.1) is 0 Å². The lowest BCUT2D eigenvalue weighted by molar-refractivity contribution is 0.0842. The third-order valence-electron chi connectivity index (χ3n) is 3.36. The van der Waals surface area contributed by atoms with Gasteiger partial charge in [0.25, 0.3) is 5.91 Å². The van der Waals surface area contributed by atoms with Crippen LogP contribution >= 0.6 is 0 Å². The van der Waals surface area contributed by atoms with E-state index in [-0.39, 0.29) is 24.8 Å². The Morgan fingerprint density at radius 3 is 2.62 bits per heavy atom. The van der Waals surface area contributed by atoms with Crippen LogP contribution in [0.2, 0.25) is 0 Å². The predicted octanol–water partition coefficient (Wildman–Crippen LogP) is 2.50. The molecular weight excluding hydrogens is 280 g/mol. The first-order chi connectivity index (χ1) is 9.92. The van der Waals surface area contributed by atoms with Gasteiger partial charge in [0.1, 0.15) is 11.4 Å². The van der Waals surface area contributed by atoms with Crippen molar-refractivity contribution in [1.29, 1.82) is 0 Å². The highest BCUT2D eigenvalue weighted by atomic mass is 19.1. The van der Waals surface area contributed by atoms with E-state index in [1.165, 1.54) is 0 Å². The average Bonchev–Trinajstić information content (AvgIpc) is 2.47. The Balaban J connectivity index is 2.85. The van der Waals surface area contributed by atoms with Crippen molar-refractivity contribution in [3.8, 4) is 5.75 Å². The first kappa shape index (κ1) is 17.4. The molecule has 0 bridgehead atoms. The Bertz CT molecular complexity index is 494. The van der Waals surface area contributed by atoms with Gasteiger partial charge in [-0.1, -0.05) is 20.3 Å². The van der Waals surface area contributed by atoms with Gasteiger partial charge < -0.3 is 15.2 Å². The molecule has 2 N–H and O–H groups in total. The summed E-state index contributed by atoms with van der Waals surface area (Å²) in [6.07, 6.45) is -0.0281. The summed E-state index contributed by atoms with van der Waals surface area (Å²) in [6, 6.07) is 2.12. The van der Waals surface area contributed by atoms with Crippen molar-refractivity contribution in [2.24, 2.45) is 5.92 Å². The number of amides is 1. The van der Waals surface area contributed by atoms with Crippen LogP contribution in [0.15, 0.2) is 12.1 Å². The highest BCUT2D eigenvalue weighted by Gasteiger charge is 2.22. The third-order valence-corrected chi connectivity index (χ3v) is 3.36. The van der Waals surface area contributed by atoms with Crippen LogP contribution in [0.5, 0.6) is 5.75 Å². The van der Waals surface area contributed by atoms with E-state index in [9.17, 15) is 18.7 Å². The lowest BCUT2D eigenvalue weighted by Gasteiger charge is -2.18. The summed E-state index contributed by atoms with van der Waals surface area (Å²) in [7, 11) is 0. The molecule has 0 aliphatic heterocycles. The molecule has 1 amide bonds. The second-order valence-electron chi connectivity index (χ2n) is 4.83. The molecule has 2 atom stereocenters. The summed E-state index contributed by atoms with van der Waals surface area (Å²) in [6.45, 7) is 5.53. The molecule has 6 heteroatoms. The maximum Gasteiger partial charge on any atom is 0.257 e. The minimum atomic E-state index is -1.03. The predicted molar refractivity (Wildman–Crippen MR) is 75.3 cm³/mol. The zero-order chi connectivity index (χ0) is 16.0. The topological polar surface area (TPSA) is 58.6 Å². The molecular formula is C15H21F2NO3. The zero-order valence-corrected chi connectivity index (χ0v) is 12.5. The van der Waals surface area contributed by atoms with E-state index < -0.39 is 29.2 Å². The van der Waals surface area contributed by atoms with Crippen LogP contribution in [0.25, 0.3) is 0 Å². The van der Waals surface area contributed by atoms with Gasteiger partial charge in [-0.3, -0.25) is 4.79 Å². The number of halogens is 2. The van der Waals surface area contributed by atoms with Crippen LogP contribution in [0.3, 0.4) is 0 Å². The first-order valence-corrected chi connectivity index (χ1v) is 6.99. The van der Waals surface area contributed by atoms with Crippen molar-refractivity contribution in [3.63, 3.8) is 0 Å². The first-order valence-electron chi connectivity index (χ1n) is 6.99. The van der Waals surface area contributed by atoms with Crippen molar-refractivity contribution >= 4 is 5.91 Å². The Morgan fingerprint density at radius 1 is 1.38 bits per heavy atom. The van der Waals surface area contributed by atoms with Gasteiger partial charge in [-0.05, 0) is 25.0 Å². The number of carbonyl (C=O) groups excluding carboxylic acids is 1. The molecule has 0 spiro atoms. The van der Waals surface area contributed by atoms with E-state index in [0.29, 0.717) is 0 Å². The number of carbonyl (C=O) groups is 1. The second-order valence-corrected chi connectivity index (χ2v) is 4.83.